The molecule has 4 heteroatoms. The van der Waals surface area contributed by atoms with E-state index in [1.165, 1.54) is 47.9 Å². The minimum Gasteiger partial charge on any atom is -0.278 e. The molecule has 9 rings (SSSR count). The predicted molar refractivity (Wildman–Crippen MR) is 198 cm³/mol. The van der Waals surface area contributed by atoms with E-state index in [1.807, 2.05) is 6.20 Å². The zero-order valence-electron chi connectivity index (χ0n) is 25.8. The number of hydrogen-bond acceptors (Lipinski definition) is 2. The van der Waals surface area contributed by atoms with Gasteiger partial charge in [-0.15, -0.1) is 0 Å². The first-order valence-electron chi connectivity index (χ1n) is 16.1. The summed E-state index contributed by atoms with van der Waals surface area (Å²) < 4.78 is 2.24. The fourth-order valence-corrected chi connectivity index (χ4v) is 12.4. The van der Waals surface area contributed by atoms with E-state index in [4.69, 9.17) is 9.98 Å². The SMILES string of the molecule is C1=c2c(n(-c3cccc(-c4cccc([Si](c5ccccc5)(c5ccccc5)c5ccccc5)c4)c3)c3ncc4ccccc4c23)=NC1. The van der Waals surface area contributed by atoms with Gasteiger partial charge >= 0.3 is 0 Å². The van der Waals surface area contributed by atoms with Crippen LogP contribution in [0.4, 0.5) is 0 Å². The lowest BCUT2D eigenvalue weighted by Crippen LogP contribution is -2.74. The summed E-state index contributed by atoms with van der Waals surface area (Å²) in [5, 5.41) is 10.2. The van der Waals surface area contributed by atoms with Crippen LogP contribution in [0.25, 0.3) is 44.7 Å². The fraction of sp³-hybridized carbons (Fsp3) is 0.0233. The van der Waals surface area contributed by atoms with E-state index < -0.39 is 8.07 Å². The molecule has 0 N–H and O–H groups in total. The number of benzene rings is 6. The fourth-order valence-electron chi connectivity index (χ4n) is 7.56. The molecule has 1 aliphatic heterocycles. The van der Waals surface area contributed by atoms with E-state index in [0.717, 1.165) is 22.2 Å². The number of rotatable bonds is 6. The summed E-state index contributed by atoms with van der Waals surface area (Å²) in [6.07, 6.45) is 4.22. The molecule has 8 aromatic rings. The quantitative estimate of drug-likeness (QED) is 0.176. The molecule has 0 saturated carbocycles. The van der Waals surface area contributed by atoms with E-state index in [2.05, 4.69) is 174 Å². The number of nitrogens with zero attached hydrogens (tertiary/aromatic N) is 3. The van der Waals surface area contributed by atoms with Crippen LogP contribution in [0.2, 0.25) is 0 Å². The molecule has 0 unspecified atom stereocenters. The highest BCUT2D eigenvalue weighted by atomic mass is 28.3. The molecule has 0 radical (unpaired) electrons. The summed E-state index contributed by atoms with van der Waals surface area (Å²) >= 11 is 0. The summed E-state index contributed by atoms with van der Waals surface area (Å²) in [6, 6.07) is 59.9. The van der Waals surface area contributed by atoms with Gasteiger partial charge in [-0.3, -0.25) is 9.56 Å². The largest absolute Gasteiger partial charge is 0.278 e. The van der Waals surface area contributed by atoms with E-state index in [-0.39, 0.29) is 0 Å². The number of fused-ring (bicyclic) bond motifs is 5. The van der Waals surface area contributed by atoms with Crippen molar-refractivity contribution in [1.82, 2.24) is 9.55 Å². The minimum atomic E-state index is -2.64. The standard InChI is InChI=1S/C43H31N3Si/c1-4-18-35(19-5-1)47(36-20-6-2-7-21-36,37-22-8-3-9-23-37)38-24-13-16-32(29-38)31-15-12-17-34(28-31)46-42-40(26-27-44-42)41-39-25-11-10-14-33(39)30-45-43(41)46/h1-26,28-30H,27H2. The van der Waals surface area contributed by atoms with Crippen molar-refractivity contribution in [1.29, 1.82) is 0 Å². The molecule has 222 valence electrons. The average Bonchev–Trinajstić information content (AvgIpc) is 3.75. The third-order valence-electron chi connectivity index (χ3n) is 9.60. The number of aromatic nitrogens is 2. The van der Waals surface area contributed by atoms with Gasteiger partial charge in [0, 0.05) is 27.9 Å². The molecule has 0 atom stereocenters. The van der Waals surface area contributed by atoms with Crippen LogP contribution in [0.15, 0.2) is 175 Å². The summed E-state index contributed by atoms with van der Waals surface area (Å²) in [4.78, 5) is 9.93. The van der Waals surface area contributed by atoms with Gasteiger partial charge in [0.2, 0.25) is 0 Å². The Morgan fingerprint density at radius 1 is 0.532 bits per heavy atom. The summed E-state index contributed by atoms with van der Waals surface area (Å²) in [6.45, 7) is 0.691. The Bertz CT molecular complexity index is 2440. The number of pyridine rings is 1. The lowest BCUT2D eigenvalue weighted by molar-refractivity contribution is 0.980. The summed E-state index contributed by atoms with van der Waals surface area (Å²) in [5.41, 5.74) is 5.36. The third kappa shape index (κ3) is 4.33. The first-order valence-corrected chi connectivity index (χ1v) is 18.1. The van der Waals surface area contributed by atoms with Crippen LogP contribution < -0.4 is 31.5 Å². The van der Waals surface area contributed by atoms with Gasteiger partial charge in [0.25, 0.3) is 0 Å². The van der Waals surface area contributed by atoms with Crippen molar-refractivity contribution in [3.63, 3.8) is 0 Å². The molecule has 0 bridgehead atoms. The van der Waals surface area contributed by atoms with Crippen LogP contribution in [0, 0.1) is 0 Å². The summed E-state index contributed by atoms with van der Waals surface area (Å²) in [5.74, 6) is 0. The normalized spacial score (nSPS) is 12.5. The maximum Gasteiger partial charge on any atom is 0.179 e. The minimum absolute atomic E-state index is 0.691. The van der Waals surface area contributed by atoms with Crippen molar-refractivity contribution < 1.29 is 0 Å². The monoisotopic (exact) mass is 617 g/mol. The Kier molecular flexibility index (Phi) is 6.54. The van der Waals surface area contributed by atoms with Gasteiger partial charge in [0.05, 0.1) is 6.54 Å². The molecular weight excluding hydrogens is 587 g/mol. The van der Waals surface area contributed by atoms with Crippen LogP contribution in [0.3, 0.4) is 0 Å². The molecule has 0 aliphatic carbocycles. The van der Waals surface area contributed by atoms with Crippen molar-refractivity contribution in [2.75, 3.05) is 6.54 Å². The highest BCUT2D eigenvalue weighted by Gasteiger charge is 2.41. The van der Waals surface area contributed by atoms with Crippen LogP contribution in [-0.4, -0.2) is 24.2 Å². The van der Waals surface area contributed by atoms with Crippen LogP contribution in [0.5, 0.6) is 0 Å². The van der Waals surface area contributed by atoms with E-state index >= 15 is 0 Å². The molecule has 0 fully saturated rings. The first kappa shape index (κ1) is 27.5. The second kappa shape index (κ2) is 11.2. The van der Waals surface area contributed by atoms with E-state index in [1.54, 1.807) is 0 Å². The predicted octanol–water partition coefficient (Wildman–Crippen LogP) is 5.64. The molecule has 0 saturated heterocycles. The zero-order chi connectivity index (χ0) is 31.2. The Balaban J connectivity index is 1.26. The lowest BCUT2D eigenvalue weighted by Gasteiger charge is -2.34. The molecule has 0 spiro atoms. The van der Waals surface area contributed by atoms with Crippen molar-refractivity contribution in [3.8, 4) is 16.8 Å². The lowest BCUT2D eigenvalue weighted by atomic mass is 10.1. The second-order valence-electron chi connectivity index (χ2n) is 12.1. The van der Waals surface area contributed by atoms with E-state index in [0.29, 0.717) is 6.54 Å². The smallest absolute Gasteiger partial charge is 0.179 e. The van der Waals surface area contributed by atoms with Gasteiger partial charge in [0.1, 0.15) is 11.1 Å². The highest BCUT2D eigenvalue weighted by Crippen LogP contribution is 2.26. The van der Waals surface area contributed by atoms with Gasteiger partial charge in [-0.1, -0.05) is 158 Å². The van der Waals surface area contributed by atoms with Crippen molar-refractivity contribution in [2.24, 2.45) is 4.99 Å². The van der Waals surface area contributed by atoms with Crippen molar-refractivity contribution in [3.05, 3.63) is 181 Å². The maximum absolute atomic E-state index is 4.99. The Hall–Kier alpha value is -5.84. The first-order chi connectivity index (χ1) is 23.3. The topological polar surface area (TPSA) is 30.2 Å². The molecule has 47 heavy (non-hydrogen) atoms. The van der Waals surface area contributed by atoms with Gasteiger partial charge in [-0.05, 0) is 49.4 Å². The van der Waals surface area contributed by atoms with Gasteiger partial charge in [-0.2, -0.15) is 0 Å². The molecule has 6 aromatic carbocycles. The molecule has 3 nitrogen and oxygen atoms in total. The Morgan fingerprint density at radius 3 is 1.79 bits per heavy atom. The molecule has 2 aromatic heterocycles. The maximum atomic E-state index is 4.99. The second-order valence-corrected chi connectivity index (χ2v) is 16.0. The van der Waals surface area contributed by atoms with Crippen LogP contribution in [-0.2, 0) is 0 Å². The third-order valence-corrected chi connectivity index (χ3v) is 14.4. The highest BCUT2D eigenvalue weighted by molar-refractivity contribution is 7.19. The molecular formula is C43H31N3Si. The Morgan fingerprint density at radius 2 is 1.11 bits per heavy atom. The molecule has 1 aliphatic rings. The molecule has 3 heterocycles. The van der Waals surface area contributed by atoms with Gasteiger partial charge in [0.15, 0.2) is 8.07 Å². The van der Waals surface area contributed by atoms with Crippen molar-refractivity contribution >= 4 is 56.7 Å². The van der Waals surface area contributed by atoms with Crippen LogP contribution >= 0.6 is 0 Å². The number of hydrogen-bond donors (Lipinski definition) is 0. The van der Waals surface area contributed by atoms with Crippen molar-refractivity contribution in [2.45, 2.75) is 0 Å². The van der Waals surface area contributed by atoms with Gasteiger partial charge in [-0.25, -0.2) is 4.98 Å². The zero-order valence-corrected chi connectivity index (χ0v) is 26.8. The van der Waals surface area contributed by atoms with E-state index in [9.17, 15) is 0 Å². The molecule has 0 amide bonds. The van der Waals surface area contributed by atoms with Gasteiger partial charge < -0.3 is 0 Å². The summed E-state index contributed by atoms with van der Waals surface area (Å²) in [7, 11) is -2.64. The Labute approximate surface area is 274 Å². The average molecular weight is 618 g/mol. The van der Waals surface area contributed by atoms with Crippen LogP contribution in [0.1, 0.15) is 0 Å².